The second-order valence-corrected chi connectivity index (χ2v) is 5.42. The first-order valence-electron chi connectivity index (χ1n) is 4.75. The van der Waals surface area contributed by atoms with E-state index in [-0.39, 0.29) is 16.9 Å². The molecule has 0 heterocycles. The maximum atomic E-state index is 9.66. The molecule has 0 aromatic heterocycles. The minimum absolute atomic E-state index is 0.151. The Balaban J connectivity index is 2.70. The Kier molecular flexibility index (Phi) is 2.50. The van der Waals surface area contributed by atoms with Gasteiger partial charge in [-0.1, -0.05) is 20.8 Å². The average Bonchev–Trinajstić information content (AvgIpc) is 1.82. The first kappa shape index (κ1) is 10.0. The van der Waals surface area contributed by atoms with E-state index in [1.807, 2.05) is 0 Å². The number of aliphatic hydroxyl groups is 1. The van der Waals surface area contributed by atoms with Crippen molar-refractivity contribution >= 4 is 0 Å². The van der Waals surface area contributed by atoms with E-state index in [1.54, 1.807) is 0 Å². The summed E-state index contributed by atoms with van der Waals surface area (Å²) in [4.78, 5) is 0. The van der Waals surface area contributed by atoms with Gasteiger partial charge in [0.15, 0.2) is 0 Å². The van der Waals surface area contributed by atoms with Crippen molar-refractivity contribution in [1.29, 1.82) is 0 Å². The van der Waals surface area contributed by atoms with Crippen LogP contribution >= 0.6 is 0 Å². The maximum Gasteiger partial charge on any atom is 0.0551 e. The van der Waals surface area contributed by atoms with Crippen molar-refractivity contribution in [3.63, 3.8) is 0 Å². The third-order valence-corrected chi connectivity index (χ3v) is 2.91. The second-order valence-electron chi connectivity index (χ2n) is 5.42. The molecule has 0 aliphatic heterocycles. The minimum Gasteiger partial charge on any atom is -0.393 e. The first-order chi connectivity index (χ1) is 5.37. The predicted molar refractivity (Wildman–Crippen MR) is 50.8 cm³/mol. The van der Waals surface area contributed by atoms with Gasteiger partial charge in [-0.3, -0.25) is 0 Å². The molecule has 72 valence electrons. The molecule has 1 aliphatic rings. The van der Waals surface area contributed by atoms with Gasteiger partial charge in [0.05, 0.1) is 6.10 Å². The Morgan fingerprint density at radius 3 is 2.33 bits per heavy atom. The molecule has 0 aromatic rings. The largest absolute Gasteiger partial charge is 0.393 e. The van der Waals surface area contributed by atoms with Gasteiger partial charge in [0, 0.05) is 0 Å². The highest BCUT2D eigenvalue weighted by Crippen LogP contribution is 2.45. The van der Waals surface area contributed by atoms with E-state index in [4.69, 9.17) is 5.73 Å². The Bertz CT molecular complexity index is 167. The Morgan fingerprint density at radius 2 is 1.92 bits per heavy atom. The number of aliphatic hydroxyl groups excluding tert-OH is 1. The molecule has 0 amide bonds. The average molecular weight is 171 g/mol. The summed E-state index contributed by atoms with van der Waals surface area (Å²) in [5, 5.41) is 9.66. The Morgan fingerprint density at radius 1 is 1.33 bits per heavy atom. The van der Waals surface area contributed by atoms with Crippen LogP contribution in [0.1, 0.15) is 40.0 Å². The Labute approximate surface area is 75.2 Å². The molecule has 0 saturated heterocycles. The van der Waals surface area contributed by atoms with Crippen molar-refractivity contribution in [2.75, 3.05) is 6.54 Å². The normalized spacial score (nSPS) is 41.2. The minimum atomic E-state index is -0.151. The van der Waals surface area contributed by atoms with Crippen LogP contribution in [-0.4, -0.2) is 17.8 Å². The van der Waals surface area contributed by atoms with Crippen LogP contribution in [0.2, 0.25) is 0 Å². The zero-order valence-electron chi connectivity index (χ0n) is 8.43. The number of hydrogen-bond acceptors (Lipinski definition) is 2. The fourth-order valence-electron chi connectivity index (χ4n) is 2.73. The van der Waals surface area contributed by atoms with E-state index in [0.29, 0.717) is 6.54 Å². The van der Waals surface area contributed by atoms with E-state index in [9.17, 15) is 5.11 Å². The smallest absolute Gasteiger partial charge is 0.0551 e. The highest BCUT2D eigenvalue weighted by atomic mass is 16.3. The van der Waals surface area contributed by atoms with Crippen molar-refractivity contribution in [2.45, 2.75) is 46.1 Å². The van der Waals surface area contributed by atoms with Crippen LogP contribution in [0.3, 0.4) is 0 Å². The molecule has 1 rings (SSSR count). The van der Waals surface area contributed by atoms with Crippen LogP contribution in [0.15, 0.2) is 0 Å². The van der Waals surface area contributed by atoms with Crippen LogP contribution in [0.5, 0.6) is 0 Å². The van der Waals surface area contributed by atoms with Gasteiger partial charge in [0.2, 0.25) is 0 Å². The zero-order valence-corrected chi connectivity index (χ0v) is 8.43. The lowest BCUT2D eigenvalue weighted by atomic mass is 9.63. The van der Waals surface area contributed by atoms with Gasteiger partial charge in [0.1, 0.15) is 0 Å². The number of rotatable bonds is 1. The second kappa shape index (κ2) is 3.00. The van der Waals surface area contributed by atoms with Crippen molar-refractivity contribution in [1.82, 2.24) is 0 Å². The molecular formula is C10H21NO. The van der Waals surface area contributed by atoms with Gasteiger partial charge < -0.3 is 10.8 Å². The third-order valence-electron chi connectivity index (χ3n) is 2.91. The van der Waals surface area contributed by atoms with E-state index >= 15 is 0 Å². The molecule has 2 nitrogen and oxygen atoms in total. The van der Waals surface area contributed by atoms with Gasteiger partial charge in [-0.15, -0.1) is 0 Å². The molecule has 1 saturated carbocycles. The maximum absolute atomic E-state index is 9.66. The topological polar surface area (TPSA) is 46.2 Å². The van der Waals surface area contributed by atoms with Gasteiger partial charge in [-0.05, 0) is 36.6 Å². The highest BCUT2D eigenvalue weighted by molar-refractivity contribution is 4.91. The summed E-state index contributed by atoms with van der Waals surface area (Å²) in [6, 6.07) is 0. The standard InChI is InChI=1S/C10H21NO/c1-9(2)4-8(12)5-10(3,6-9)7-11/h8,12H,4-7,11H2,1-3H3/t8?,10-/m0/s1. The summed E-state index contributed by atoms with van der Waals surface area (Å²) in [5.41, 5.74) is 6.12. The lowest BCUT2D eigenvalue weighted by molar-refractivity contribution is -0.00501. The van der Waals surface area contributed by atoms with Crippen LogP contribution in [0, 0.1) is 10.8 Å². The third kappa shape index (κ3) is 2.20. The van der Waals surface area contributed by atoms with Gasteiger partial charge in [-0.2, -0.15) is 0 Å². The molecule has 1 fully saturated rings. The van der Waals surface area contributed by atoms with Crippen molar-refractivity contribution in [3.05, 3.63) is 0 Å². The lowest BCUT2D eigenvalue weighted by Crippen LogP contribution is -2.42. The Hall–Kier alpha value is -0.0800. The molecule has 3 N–H and O–H groups in total. The zero-order chi connectivity index (χ0) is 9.41. The van der Waals surface area contributed by atoms with Crippen molar-refractivity contribution in [3.8, 4) is 0 Å². The molecule has 0 bridgehead atoms. The fraction of sp³-hybridized carbons (Fsp3) is 1.00. The summed E-state index contributed by atoms with van der Waals surface area (Å²) >= 11 is 0. The monoisotopic (exact) mass is 171 g/mol. The fourth-order valence-corrected chi connectivity index (χ4v) is 2.73. The van der Waals surface area contributed by atoms with Gasteiger partial charge in [-0.25, -0.2) is 0 Å². The van der Waals surface area contributed by atoms with Gasteiger partial charge in [0.25, 0.3) is 0 Å². The van der Waals surface area contributed by atoms with Crippen LogP contribution in [0.4, 0.5) is 0 Å². The van der Waals surface area contributed by atoms with E-state index in [1.165, 1.54) is 0 Å². The molecule has 0 aromatic carbocycles. The van der Waals surface area contributed by atoms with Crippen molar-refractivity contribution < 1.29 is 5.11 Å². The van der Waals surface area contributed by atoms with Gasteiger partial charge >= 0.3 is 0 Å². The quantitative estimate of drug-likeness (QED) is 0.628. The summed E-state index contributed by atoms with van der Waals surface area (Å²) in [5.74, 6) is 0. The molecule has 0 spiro atoms. The molecule has 1 unspecified atom stereocenters. The number of nitrogens with two attached hydrogens (primary N) is 1. The van der Waals surface area contributed by atoms with E-state index in [0.717, 1.165) is 19.3 Å². The highest BCUT2D eigenvalue weighted by Gasteiger charge is 2.39. The molecule has 12 heavy (non-hydrogen) atoms. The van der Waals surface area contributed by atoms with Crippen molar-refractivity contribution in [2.24, 2.45) is 16.6 Å². The first-order valence-corrected chi connectivity index (χ1v) is 4.75. The number of hydrogen-bond donors (Lipinski definition) is 2. The summed E-state index contributed by atoms with van der Waals surface area (Å²) < 4.78 is 0. The summed E-state index contributed by atoms with van der Waals surface area (Å²) in [7, 11) is 0. The lowest BCUT2D eigenvalue weighted by Gasteiger charge is -2.44. The molecular weight excluding hydrogens is 150 g/mol. The SMILES string of the molecule is CC1(C)CC(O)C[C@](C)(CN)C1. The summed E-state index contributed by atoms with van der Waals surface area (Å²) in [6.45, 7) is 7.29. The molecule has 2 heteroatoms. The predicted octanol–water partition coefficient (Wildman–Crippen LogP) is 1.52. The van der Waals surface area contributed by atoms with E-state index in [2.05, 4.69) is 20.8 Å². The van der Waals surface area contributed by atoms with Crippen LogP contribution in [-0.2, 0) is 0 Å². The van der Waals surface area contributed by atoms with Crippen LogP contribution < -0.4 is 5.73 Å². The molecule has 2 atom stereocenters. The summed E-state index contributed by atoms with van der Waals surface area (Å²) in [6.07, 6.45) is 2.77. The van der Waals surface area contributed by atoms with E-state index < -0.39 is 0 Å². The molecule has 0 radical (unpaired) electrons. The molecule has 1 aliphatic carbocycles. The van der Waals surface area contributed by atoms with Crippen LogP contribution in [0.25, 0.3) is 0 Å².